The van der Waals surface area contributed by atoms with Crippen LogP contribution in [0.5, 0.6) is 0 Å². The van der Waals surface area contributed by atoms with Gasteiger partial charge >= 0.3 is 12.0 Å². The van der Waals surface area contributed by atoms with E-state index in [1.165, 1.54) is 12.1 Å². The molecule has 7 nitrogen and oxygen atoms in total. The Hall–Kier alpha value is -2.09. The summed E-state index contributed by atoms with van der Waals surface area (Å²) in [4.78, 5) is 22.9. The summed E-state index contributed by atoms with van der Waals surface area (Å²) in [7, 11) is -3.11. The number of hydrogen-bond acceptors (Lipinski definition) is 4. The zero-order valence-corrected chi connectivity index (χ0v) is 12.0. The standard InChI is InChI=1S/C13H16N2O5S/c16-12(17)10-5-1-2-6-11(10)15-13(18)14-9-4-3-7-21(19,20)8-9/h1-2,5-6,9H,3-4,7-8H2,(H,16,17)(H2,14,15,18). The SMILES string of the molecule is O=C(Nc1ccccc1C(=O)O)NC1CCCS(=O)(=O)C1. The van der Waals surface area contributed by atoms with Crippen molar-refractivity contribution in [3.05, 3.63) is 29.8 Å². The average molecular weight is 312 g/mol. The molecule has 1 aliphatic rings. The summed E-state index contributed by atoms with van der Waals surface area (Å²) < 4.78 is 23.0. The molecule has 0 spiro atoms. The van der Waals surface area contributed by atoms with Crippen molar-refractivity contribution in [3.63, 3.8) is 0 Å². The van der Waals surface area contributed by atoms with Gasteiger partial charge in [-0.1, -0.05) is 12.1 Å². The fourth-order valence-corrected chi connectivity index (χ4v) is 3.90. The predicted molar refractivity (Wildman–Crippen MR) is 77.2 cm³/mol. The summed E-state index contributed by atoms with van der Waals surface area (Å²) in [6.45, 7) is 0. The zero-order valence-electron chi connectivity index (χ0n) is 11.2. The third kappa shape index (κ3) is 4.19. The first-order chi connectivity index (χ1) is 9.87. The van der Waals surface area contributed by atoms with E-state index >= 15 is 0 Å². The summed E-state index contributed by atoms with van der Waals surface area (Å²) in [5.74, 6) is -1.08. The minimum Gasteiger partial charge on any atom is -0.478 e. The van der Waals surface area contributed by atoms with Crippen LogP contribution in [-0.2, 0) is 9.84 Å². The molecule has 2 amide bonds. The van der Waals surface area contributed by atoms with Crippen molar-refractivity contribution in [2.24, 2.45) is 0 Å². The van der Waals surface area contributed by atoms with Crippen LogP contribution >= 0.6 is 0 Å². The van der Waals surface area contributed by atoms with Crippen LogP contribution in [0.25, 0.3) is 0 Å². The molecular formula is C13H16N2O5S. The van der Waals surface area contributed by atoms with Crippen molar-refractivity contribution in [1.29, 1.82) is 0 Å². The Bertz CT molecular complexity index is 656. The highest BCUT2D eigenvalue weighted by molar-refractivity contribution is 7.91. The number of rotatable bonds is 3. The number of carbonyl (C=O) groups excluding carboxylic acids is 1. The fourth-order valence-electron chi connectivity index (χ4n) is 2.26. The molecular weight excluding hydrogens is 296 g/mol. The van der Waals surface area contributed by atoms with Gasteiger partial charge in [0.2, 0.25) is 0 Å². The second kappa shape index (κ2) is 6.13. The van der Waals surface area contributed by atoms with Gasteiger partial charge in [0.05, 0.1) is 22.8 Å². The molecule has 2 rings (SSSR count). The molecule has 1 aromatic carbocycles. The number of hydrogen-bond donors (Lipinski definition) is 3. The highest BCUT2D eigenvalue weighted by atomic mass is 32.2. The summed E-state index contributed by atoms with van der Waals surface area (Å²) in [6, 6.07) is 4.96. The fraction of sp³-hybridized carbons (Fsp3) is 0.385. The molecule has 1 saturated heterocycles. The third-order valence-corrected chi connectivity index (χ3v) is 5.02. The van der Waals surface area contributed by atoms with Gasteiger partial charge in [0.15, 0.2) is 9.84 Å². The number of benzene rings is 1. The van der Waals surface area contributed by atoms with Gasteiger partial charge < -0.3 is 15.7 Å². The maximum absolute atomic E-state index is 11.9. The molecule has 21 heavy (non-hydrogen) atoms. The van der Waals surface area contributed by atoms with Gasteiger partial charge in [-0.05, 0) is 25.0 Å². The van der Waals surface area contributed by atoms with E-state index in [-0.39, 0.29) is 22.8 Å². The number of carboxylic acid groups (broad SMARTS) is 1. The van der Waals surface area contributed by atoms with E-state index in [1.54, 1.807) is 12.1 Å². The Balaban J connectivity index is 2.01. The van der Waals surface area contributed by atoms with Gasteiger partial charge in [-0.3, -0.25) is 0 Å². The molecule has 3 N–H and O–H groups in total. The van der Waals surface area contributed by atoms with Gasteiger partial charge in [0, 0.05) is 6.04 Å². The van der Waals surface area contributed by atoms with Crippen molar-refractivity contribution < 1.29 is 23.1 Å². The summed E-state index contributed by atoms with van der Waals surface area (Å²) >= 11 is 0. The van der Waals surface area contributed by atoms with E-state index in [0.29, 0.717) is 12.8 Å². The molecule has 1 fully saturated rings. The highest BCUT2D eigenvalue weighted by Crippen LogP contribution is 2.16. The van der Waals surface area contributed by atoms with Gasteiger partial charge in [-0.2, -0.15) is 0 Å². The van der Waals surface area contributed by atoms with Crippen molar-refractivity contribution in [3.8, 4) is 0 Å². The third-order valence-electron chi connectivity index (χ3n) is 3.20. The van der Waals surface area contributed by atoms with Crippen LogP contribution in [-0.4, -0.2) is 43.1 Å². The number of urea groups is 1. The maximum Gasteiger partial charge on any atom is 0.337 e. The predicted octanol–water partition coefficient (Wildman–Crippen LogP) is 1.08. The van der Waals surface area contributed by atoms with E-state index in [9.17, 15) is 18.0 Å². The number of carbonyl (C=O) groups is 2. The molecule has 0 aromatic heterocycles. The second-order valence-corrected chi connectivity index (χ2v) is 7.13. The number of anilines is 1. The largest absolute Gasteiger partial charge is 0.478 e. The highest BCUT2D eigenvalue weighted by Gasteiger charge is 2.26. The van der Waals surface area contributed by atoms with Crippen molar-refractivity contribution in [1.82, 2.24) is 5.32 Å². The number of amides is 2. The number of sulfone groups is 1. The van der Waals surface area contributed by atoms with Crippen molar-refractivity contribution >= 4 is 27.5 Å². The van der Waals surface area contributed by atoms with E-state index in [0.717, 1.165) is 0 Å². The lowest BCUT2D eigenvalue weighted by Gasteiger charge is -2.23. The Morgan fingerprint density at radius 2 is 1.95 bits per heavy atom. The van der Waals surface area contributed by atoms with E-state index < -0.39 is 27.9 Å². The molecule has 0 bridgehead atoms. The molecule has 0 aliphatic carbocycles. The van der Waals surface area contributed by atoms with Crippen LogP contribution in [0.3, 0.4) is 0 Å². The minimum atomic E-state index is -3.11. The van der Waals surface area contributed by atoms with Gasteiger partial charge in [-0.25, -0.2) is 18.0 Å². The molecule has 1 aliphatic heterocycles. The quantitative estimate of drug-likeness (QED) is 0.773. The van der Waals surface area contributed by atoms with Crippen molar-refractivity contribution in [2.75, 3.05) is 16.8 Å². The molecule has 1 heterocycles. The number of aromatic carboxylic acids is 1. The smallest absolute Gasteiger partial charge is 0.337 e. The lowest BCUT2D eigenvalue weighted by atomic mass is 10.2. The van der Waals surface area contributed by atoms with Crippen LogP contribution in [0.4, 0.5) is 10.5 Å². The van der Waals surface area contributed by atoms with Gasteiger partial charge in [0.1, 0.15) is 0 Å². The van der Waals surface area contributed by atoms with Crippen LogP contribution in [0, 0.1) is 0 Å². The molecule has 1 unspecified atom stereocenters. The van der Waals surface area contributed by atoms with E-state index in [2.05, 4.69) is 10.6 Å². The first-order valence-electron chi connectivity index (χ1n) is 6.48. The van der Waals surface area contributed by atoms with Crippen LogP contribution in [0.1, 0.15) is 23.2 Å². The molecule has 1 aromatic rings. The Kier molecular flexibility index (Phi) is 4.46. The first-order valence-corrected chi connectivity index (χ1v) is 8.30. The normalized spacial score (nSPS) is 20.5. The molecule has 8 heteroatoms. The topological polar surface area (TPSA) is 113 Å². The molecule has 0 radical (unpaired) electrons. The van der Waals surface area contributed by atoms with E-state index in [1.807, 2.05) is 0 Å². The summed E-state index contributed by atoms with van der Waals surface area (Å²) in [6.07, 6.45) is 1.10. The zero-order chi connectivity index (χ0) is 15.5. The number of carboxylic acids is 1. The van der Waals surface area contributed by atoms with Crippen LogP contribution < -0.4 is 10.6 Å². The lowest BCUT2D eigenvalue weighted by molar-refractivity contribution is 0.0698. The Morgan fingerprint density at radius 1 is 1.24 bits per heavy atom. The van der Waals surface area contributed by atoms with Crippen molar-refractivity contribution in [2.45, 2.75) is 18.9 Å². The van der Waals surface area contributed by atoms with Gasteiger partial charge in [0.25, 0.3) is 0 Å². The monoisotopic (exact) mass is 312 g/mol. The summed E-state index contributed by atoms with van der Waals surface area (Å²) in [5, 5.41) is 14.0. The Labute approximate surface area is 122 Å². The molecule has 114 valence electrons. The van der Waals surface area contributed by atoms with Crippen LogP contribution in [0.15, 0.2) is 24.3 Å². The molecule has 1 atom stereocenters. The number of para-hydroxylation sites is 1. The Morgan fingerprint density at radius 3 is 2.62 bits per heavy atom. The van der Waals surface area contributed by atoms with E-state index in [4.69, 9.17) is 5.11 Å². The summed E-state index contributed by atoms with van der Waals surface area (Å²) in [5.41, 5.74) is 0.144. The molecule has 0 saturated carbocycles. The second-order valence-electron chi connectivity index (χ2n) is 4.90. The van der Waals surface area contributed by atoms with Gasteiger partial charge in [-0.15, -0.1) is 0 Å². The number of nitrogens with one attached hydrogen (secondary N) is 2. The lowest BCUT2D eigenvalue weighted by Crippen LogP contribution is -2.45. The van der Waals surface area contributed by atoms with Crippen LogP contribution in [0.2, 0.25) is 0 Å². The maximum atomic E-state index is 11.9. The average Bonchev–Trinajstić information content (AvgIpc) is 2.37. The minimum absolute atomic E-state index is 0.0242. The first kappa shape index (κ1) is 15.3.